The minimum Gasteiger partial charge on any atom is -0.495 e. The van der Waals surface area contributed by atoms with Crippen LogP contribution in [0, 0.1) is 6.92 Å². The summed E-state index contributed by atoms with van der Waals surface area (Å²) in [5, 5.41) is 3.38. The first-order valence-corrected chi connectivity index (χ1v) is 9.10. The topological polar surface area (TPSA) is 44.8 Å². The van der Waals surface area contributed by atoms with E-state index < -0.39 is 0 Å². The first-order chi connectivity index (χ1) is 12.5. The molecule has 2 aromatic carbocycles. The molecule has 6 heteroatoms. The van der Waals surface area contributed by atoms with Crippen molar-refractivity contribution in [1.29, 1.82) is 0 Å². The Bertz CT molecular complexity index is 773. The van der Waals surface area contributed by atoms with Crippen LogP contribution < -0.4 is 15.0 Å². The van der Waals surface area contributed by atoms with Crippen LogP contribution >= 0.6 is 11.6 Å². The second kappa shape index (κ2) is 8.43. The monoisotopic (exact) mass is 373 g/mol. The third-order valence-electron chi connectivity index (χ3n) is 4.54. The van der Waals surface area contributed by atoms with Crippen LogP contribution in [-0.2, 0) is 4.79 Å². The molecule has 1 N–H and O–H groups in total. The number of hydrogen-bond acceptors (Lipinski definition) is 4. The van der Waals surface area contributed by atoms with Crippen LogP contribution in [0.25, 0.3) is 0 Å². The summed E-state index contributed by atoms with van der Waals surface area (Å²) in [6.45, 7) is 6.06. The molecule has 0 saturated carbocycles. The van der Waals surface area contributed by atoms with Gasteiger partial charge in [0.25, 0.3) is 0 Å². The minimum absolute atomic E-state index is 0.0322. The number of piperazine rings is 1. The second-order valence-electron chi connectivity index (χ2n) is 6.50. The zero-order chi connectivity index (χ0) is 18.5. The number of halogens is 1. The predicted molar refractivity (Wildman–Crippen MR) is 106 cm³/mol. The molecular weight excluding hydrogens is 350 g/mol. The van der Waals surface area contributed by atoms with Crippen molar-refractivity contribution in [2.24, 2.45) is 0 Å². The van der Waals surface area contributed by atoms with E-state index in [2.05, 4.69) is 46.3 Å². The van der Waals surface area contributed by atoms with Crippen molar-refractivity contribution in [1.82, 2.24) is 4.90 Å². The van der Waals surface area contributed by atoms with Crippen molar-refractivity contribution in [3.8, 4) is 5.75 Å². The summed E-state index contributed by atoms with van der Waals surface area (Å²) in [5.41, 5.74) is 3.20. The summed E-state index contributed by atoms with van der Waals surface area (Å²) in [5.74, 6) is 0.562. The third-order valence-corrected chi connectivity index (χ3v) is 4.84. The molecule has 0 spiro atoms. The Balaban J connectivity index is 1.49. The van der Waals surface area contributed by atoms with Gasteiger partial charge in [-0.05, 0) is 42.8 Å². The number of ether oxygens (including phenoxy) is 1. The van der Waals surface area contributed by atoms with Crippen LogP contribution in [0.1, 0.15) is 5.56 Å². The van der Waals surface area contributed by atoms with Gasteiger partial charge >= 0.3 is 0 Å². The highest BCUT2D eigenvalue weighted by atomic mass is 35.5. The summed E-state index contributed by atoms with van der Waals surface area (Å²) in [6, 6.07) is 13.8. The average molecular weight is 374 g/mol. The van der Waals surface area contributed by atoms with E-state index in [1.807, 2.05) is 0 Å². The van der Waals surface area contributed by atoms with E-state index in [0.717, 1.165) is 26.2 Å². The van der Waals surface area contributed by atoms with Crippen LogP contribution in [0.4, 0.5) is 11.4 Å². The Morgan fingerprint density at radius 3 is 2.58 bits per heavy atom. The van der Waals surface area contributed by atoms with E-state index >= 15 is 0 Å². The lowest BCUT2D eigenvalue weighted by Gasteiger charge is -2.35. The van der Waals surface area contributed by atoms with Crippen molar-refractivity contribution in [3.05, 3.63) is 53.1 Å². The fourth-order valence-corrected chi connectivity index (χ4v) is 3.39. The van der Waals surface area contributed by atoms with Crippen molar-refractivity contribution in [3.63, 3.8) is 0 Å². The second-order valence-corrected chi connectivity index (χ2v) is 6.91. The van der Waals surface area contributed by atoms with E-state index in [1.54, 1.807) is 25.3 Å². The number of nitrogens with one attached hydrogen (secondary N) is 1. The summed E-state index contributed by atoms with van der Waals surface area (Å²) in [7, 11) is 1.57. The molecule has 1 heterocycles. The summed E-state index contributed by atoms with van der Waals surface area (Å²) in [4.78, 5) is 16.8. The molecule has 0 aliphatic carbocycles. The van der Waals surface area contributed by atoms with E-state index in [-0.39, 0.29) is 5.91 Å². The van der Waals surface area contributed by atoms with Gasteiger partial charge in [0, 0.05) is 37.6 Å². The zero-order valence-electron chi connectivity index (χ0n) is 15.2. The molecule has 26 heavy (non-hydrogen) atoms. The molecule has 1 aliphatic rings. The van der Waals surface area contributed by atoms with E-state index in [9.17, 15) is 4.79 Å². The van der Waals surface area contributed by atoms with Crippen LogP contribution in [0.3, 0.4) is 0 Å². The minimum atomic E-state index is -0.0322. The Hall–Kier alpha value is -2.24. The van der Waals surface area contributed by atoms with Gasteiger partial charge in [-0.1, -0.05) is 23.7 Å². The Morgan fingerprint density at radius 1 is 1.15 bits per heavy atom. The standard InChI is InChI=1S/C20H24ClN3O2/c1-15-4-3-5-17(12-15)24-10-8-23(9-11-24)14-20(25)22-16-6-7-19(26-2)18(21)13-16/h3-7,12-13H,8-11,14H2,1-2H3,(H,22,25). The van der Waals surface area contributed by atoms with Crippen LogP contribution in [0.2, 0.25) is 5.02 Å². The maximum absolute atomic E-state index is 12.3. The Morgan fingerprint density at radius 2 is 1.92 bits per heavy atom. The fourth-order valence-electron chi connectivity index (χ4n) is 3.14. The highest BCUT2D eigenvalue weighted by Gasteiger charge is 2.19. The van der Waals surface area contributed by atoms with Gasteiger partial charge in [0.1, 0.15) is 5.75 Å². The molecule has 0 atom stereocenters. The summed E-state index contributed by atoms with van der Waals surface area (Å²) >= 11 is 6.10. The molecule has 2 aromatic rings. The summed E-state index contributed by atoms with van der Waals surface area (Å²) in [6.07, 6.45) is 0. The number of rotatable bonds is 5. The smallest absolute Gasteiger partial charge is 0.238 e. The van der Waals surface area contributed by atoms with E-state index in [0.29, 0.717) is 23.0 Å². The molecule has 0 radical (unpaired) electrons. The van der Waals surface area contributed by atoms with Gasteiger partial charge in [0.2, 0.25) is 5.91 Å². The highest BCUT2D eigenvalue weighted by molar-refractivity contribution is 6.32. The van der Waals surface area contributed by atoms with Crippen LogP contribution in [-0.4, -0.2) is 50.6 Å². The normalized spacial score (nSPS) is 15.0. The molecule has 1 amide bonds. The molecule has 0 unspecified atom stereocenters. The molecule has 1 saturated heterocycles. The average Bonchev–Trinajstić information content (AvgIpc) is 2.62. The van der Waals surface area contributed by atoms with Crippen LogP contribution in [0.15, 0.2) is 42.5 Å². The van der Waals surface area contributed by atoms with E-state index in [1.165, 1.54) is 11.3 Å². The molecule has 1 fully saturated rings. The quantitative estimate of drug-likeness (QED) is 0.872. The van der Waals surface area contributed by atoms with Crippen molar-refractivity contribution >= 4 is 28.9 Å². The fraction of sp³-hybridized carbons (Fsp3) is 0.350. The van der Waals surface area contributed by atoms with Gasteiger partial charge in [0.15, 0.2) is 0 Å². The van der Waals surface area contributed by atoms with Gasteiger partial charge in [0.05, 0.1) is 18.7 Å². The predicted octanol–water partition coefficient (Wildman–Crippen LogP) is 3.42. The SMILES string of the molecule is COc1ccc(NC(=O)CN2CCN(c3cccc(C)c3)CC2)cc1Cl. The maximum Gasteiger partial charge on any atom is 0.238 e. The molecular formula is C20H24ClN3O2. The lowest BCUT2D eigenvalue weighted by molar-refractivity contribution is -0.117. The number of carbonyl (C=O) groups excluding carboxylic acids is 1. The lowest BCUT2D eigenvalue weighted by Crippen LogP contribution is -2.48. The van der Waals surface area contributed by atoms with Crippen molar-refractivity contribution < 1.29 is 9.53 Å². The zero-order valence-corrected chi connectivity index (χ0v) is 15.9. The number of carbonyl (C=O) groups is 1. The number of nitrogens with zero attached hydrogens (tertiary/aromatic N) is 2. The van der Waals surface area contributed by atoms with Crippen molar-refractivity contribution in [2.45, 2.75) is 6.92 Å². The molecule has 0 aromatic heterocycles. The Labute approximate surface area is 159 Å². The highest BCUT2D eigenvalue weighted by Crippen LogP contribution is 2.27. The van der Waals surface area contributed by atoms with Gasteiger partial charge in [-0.3, -0.25) is 9.69 Å². The molecule has 3 rings (SSSR count). The number of benzene rings is 2. The maximum atomic E-state index is 12.3. The third kappa shape index (κ3) is 4.68. The van der Waals surface area contributed by atoms with Crippen molar-refractivity contribution in [2.75, 3.05) is 50.1 Å². The lowest BCUT2D eigenvalue weighted by atomic mass is 10.2. The van der Waals surface area contributed by atoms with Gasteiger partial charge in [-0.15, -0.1) is 0 Å². The number of methoxy groups -OCH3 is 1. The molecule has 5 nitrogen and oxygen atoms in total. The summed E-state index contributed by atoms with van der Waals surface area (Å²) < 4.78 is 5.12. The van der Waals surface area contributed by atoms with Gasteiger partial charge in [-0.25, -0.2) is 0 Å². The molecule has 1 aliphatic heterocycles. The van der Waals surface area contributed by atoms with E-state index in [4.69, 9.17) is 16.3 Å². The number of aryl methyl sites for hydroxylation is 1. The molecule has 0 bridgehead atoms. The van der Waals surface area contributed by atoms with Gasteiger partial charge in [-0.2, -0.15) is 0 Å². The number of hydrogen-bond donors (Lipinski definition) is 1. The van der Waals surface area contributed by atoms with Gasteiger partial charge < -0.3 is 15.0 Å². The Kier molecular flexibility index (Phi) is 6.01. The first kappa shape index (κ1) is 18.5. The number of amides is 1. The first-order valence-electron chi connectivity index (χ1n) is 8.72. The number of anilines is 2. The van der Waals surface area contributed by atoms with Crippen LogP contribution in [0.5, 0.6) is 5.75 Å². The largest absolute Gasteiger partial charge is 0.495 e. The molecule has 138 valence electrons.